The summed E-state index contributed by atoms with van der Waals surface area (Å²) in [6, 6.07) is 6.00. The third-order valence-corrected chi connectivity index (χ3v) is 5.55. The largest absolute Gasteiger partial charge is 0.339 e. The second-order valence-corrected chi connectivity index (χ2v) is 7.99. The van der Waals surface area contributed by atoms with E-state index < -0.39 is 10.0 Å². The summed E-state index contributed by atoms with van der Waals surface area (Å²) < 4.78 is 26.6. The molecule has 0 radical (unpaired) electrons. The predicted molar refractivity (Wildman–Crippen MR) is 86.2 cm³/mol. The maximum Gasteiger partial charge on any atom is 0.253 e. The Bertz CT molecular complexity index is 615. The summed E-state index contributed by atoms with van der Waals surface area (Å²) in [4.78, 5) is 14.4. The Kier molecular flexibility index (Phi) is 5.24. The van der Waals surface area contributed by atoms with Crippen LogP contribution in [0.1, 0.15) is 44.0 Å². The van der Waals surface area contributed by atoms with Gasteiger partial charge < -0.3 is 4.90 Å². The molecule has 0 unspecified atom stereocenters. The van der Waals surface area contributed by atoms with Crippen LogP contribution >= 0.6 is 0 Å². The van der Waals surface area contributed by atoms with E-state index in [0.29, 0.717) is 11.5 Å². The summed E-state index contributed by atoms with van der Waals surface area (Å²) in [7, 11) is -3.51. The topological polar surface area (TPSA) is 66.5 Å². The monoisotopic (exact) mass is 324 g/mol. The molecule has 0 bridgehead atoms. The van der Waals surface area contributed by atoms with Crippen LogP contribution in [0, 0.1) is 5.92 Å². The molecule has 0 aliphatic carbocycles. The molecule has 1 aromatic rings. The van der Waals surface area contributed by atoms with E-state index in [1.807, 2.05) is 4.90 Å². The van der Waals surface area contributed by atoms with Crippen LogP contribution in [0.2, 0.25) is 0 Å². The number of nitrogens with one attached hydrogen (secondary N) is 1. The van der Waals surface area contributed by atoms with Gasteiger partial charge in [0.25, 0.3) is 5.91 Å². The Balaban J connectivity index is 2.10. The Morgan fingerprint density at radius 2 is 1.73 bits per heavy atom. The van der Waals surface area contributed by atoms with Gasteiger partial charge in [0.1, 0.15) is 0 Å². The van der Waals surface area contributed by atoms with Gasteiger partial charge in [-0.3, -0.25) is 4.79 Å². The van der Waals surface area contributed by atoms with E-state index in [-0.39, 0.29) is 16.8 Å². The maximum atomic E-state index is 12.4. The Morgan fingerprint density at radius 1 is 1.18 bits per heavy atom. The van der Waals surface area contributed by atoms with Gasteiger partial charge >= 0.3 is 0 Å². The molecule has 1 aliphatic heterocycles. The van der Waals surface area contributed by atoms with Crippen molar-refractivity contribution in [2.24, 2.45) is 5.92 Å². The number of hydrogen-bond acceptors (Lipinski definition) is 3. The van der Waals surface area contributed by atoms with Crippen LogP contribution < -0.4 is 4.72 Å². The van der Waals surface area contributed by atoms with Crippen molar-refractivity contribution < 1.29 is 13.2 Å². The van der Waals surface area contributed by atoms with Crippen molar-refractivity contribution in [2.45, 2.75) is 44.6 Å². The maximum absolute atomic E-state index is 12.4. The highest BCUT2D eigenvalue weighted by Gasteiger charge is 2.22. The highest BCUT2D eigenvalue weighted by molar-refractivity contribution is 7.89. The zero-order valence-electron chi connectivity index (χ0n) is 13.4. The van der Waals surface area contributed by atoms with Crippen molar-refractivity contribution in [1.29, 1.82) is 0 Å². The van der Waals surface area contributed by atoms with Gasteiger partial charge in [-0.1, -0.05) is 6.92 Å². The lowest BCUT2D eigenvalue weighted by Crippen LogP contribution is -2.37. The predicted octanol–water partition coefficient (Wildman–Crippen LogP) is 2.25. The average molecular weight is 324 g/mol. The molecule has 22 heavy (non-hydrogen) atoms. The number of nitrogens with zero attached hydrogens (tertiary/aromatic N) is 1. The first-order valence-corrected chi connectivity index (χ1v) is 9.19. The van der Waals surface area contributed by atoms with Crippen LogP contribution in [0.4, 0.5) is 0 Å². The molecule has 0 saturated carbocycles. The summed E-state index contributed by atoms with van der Waals surface area (Å²) >= 11 is 0. The average Bonchev–Trinajstić information content (AvgIpc) is 2.46. The van der Waals surface area contributed by atoms with Gasteiger partial charge in [0, 0.05) is 24.7 Å². The first-order chi connectivity index (χ1) is 10.3. The highest BCUT2D eigenvalue weighted by atomic mass is 32.2. The van der Waals surface area contributed by atoms with Crippen LogP contribution in [0.5, 0.6) is 0 Å². The summed E-state index contributed by atoms with van der Waals surface area (Å²) in [5.74, 6) is 0.645. The fourth-order valence-electron chi connectivity index (χ4n) is 2.55. The van der Waals surface area contributed by atoms with E-state index in [1.165, 1.54) is 12.1 Å². The zero-order valence-corrected chi connectivity index (χ0v) is 14.2. The van der Waals surface area contributed by atoms with E-state index in [9.17, 15) is 13.2 Å². The van der Waals surface area contributed by atoms with Gasteiger partial charge in [0.15, 0.2) is 0 Å². The molecule has 1 amide bonds. The fourth-order valence-corrected chi connectivity index (χ4v) is 3.80. The second-order valence-electron chi connectivity index (χ2n) is 6.28. The molecule has 122 valence electrons. The van der Waals surface area contributed by atoms with Crippen molar-refractivity contribution >= 4 is 15.9 Å². The Hall–Kier alpha value is -1.40. The van der Waals surface area contributed by atoms with Gasteiger partial charge in [-0.2, -0.15) is 0 Å². The molecule has 6 heteroatoms. The Morgan fingerprint density at radius 3 is 2.23 bits per heavy atom. The first kappa shape index (κ1) is 17.0. The minimum absolute atomic E-state index is 0.0207. The van der Waals surface area contributed by atoms with Gasteiger partial charge in [0.2, 0.25) is 10.0 Å². The van der Waals surface area contributed by atoms with Crippen LogP contribution in [0.3, 0.4) is 0 Å². The molecule has 1 aromatic carbocycles. The summed E-state index contributed by atoms with van der Waals surface area (Å²) in [6.45, 7) is 7.28. The standard InChI is InChI=1S/C16H24N2O3S/c1-12(2)17-22(20,21)15-6-4-14(5-7-15)16(19)18-10-8-13(3)9-11-18/h4-7,12-13,17H,8-11H2,1-3H3. The van der Waals surface area contributed by atoms with E-state index in [0.717, 1.165) is 25.9 Å². The minimum Gasteiger partial charge on any atom is -0.339 e. The smallest absolute Gasteiger partial charge is 0.253 e. The number of sulfonamides is 1. The molecule has 0 atom stereocenters. The molecular weight excluding hydrogens is 300 g/mol. The van der Waals surface area contributed by atoms with E-state index >= 15 is 0 Å². The first-order valence-electron chi connectivity index (χ1n) is 7.71. The van der Waals surface area contributed by atoms with Crippen LogP contribution in [-0.4, -0.2) is 38.4 Å². The molecule has 1 aliphatic rings. The third-order valence-electron chi connectivity index (χ3n) is 3.87. The molecule has 1 fully saturated rings. The minimum atomic E-state index is -3.51. The number of likely N-dealkylation sites (tertiary alicyclic amines) is 1. The summed E-state index contributed by atoms with van der Waals surface area (Å²) in [5, 5.41) is 0. The second kappa shape index (κ2) is 6.79. The summed E-state index contributed by atoms with van der Waals surface area (Å²) in [5.41, 5.74) is 0.540. The SMILES string of the molecule is CC1CCN(C(=O)c2ccc(S(=O)(=O)NC(C)C)cc2)CC1. The molecule has 1 saturated heterocycles. The van der Waals surface area contributed by atoms with Crippen molar-refractivity contribution in [3.8, 4) is 0 Å². The number of piperidine rings is 1. The lowest BCUT2D eigenvalue weighted by molar-refractivity contribution is 0.0697. The number of rotatable bonds is 4. The van der Waals surface area contributed by atoms with Crippen molar-refractivity contribution in [3.63, 3.8) is 0 Å². The number of benzene rings is 1. The Labute approximate surface area is 132 Å². The van der Waals surface area contributed by atoms with Gasteiger partial charge in [-0.25, -0.2) is 13.1 Å². The molecule has 1 heterocycles. The van der Waals surface area contributed by atoms with Crippen molar-refractivity contribution in [1.82, 2.24) is 9.62 Å². The van der Waals surface area contributed by atoms with Crippen molar-refractivity contribution in [2.75, 3.05) is 13.1 Å². The van der Waals surface area contributed by atoms with E-state index in [2.05, 4.69) is 11.6 Å². The number of hydrogen-bond donors (Lipinski definition) is 1. The van der Waals surface area contributed by atoms with Gasteiger partial charge in [0.05, 0.1) is 4.90 Å². The molecule has 5 nitrogen and oxygen atoms in total. The van der Waals surface area contributed by atoms with Gasteiger partial charge in [-0.05, 0) is 56.9 Å². The van der Waals surface area contributed by atoms with E-state index in [4.69, 9.17) is 0 Å². The lowest BCUT2D eigenvalue weighted by atomic mass is 9.98. The van der Waals surface area contributed by atoms with Crippen molar-refractivity contribution in [3.05, 3.63) is 29.8 Å². The fraction of sp³-hybridized carbons (Fsp3) is 0.562. The van der Waals surface area contributed by atoms with Crippen LogP contribution in [0.15, 0.2) is 29.2 Å². The normalized spacial score (nSPS) is 17.0. The molecular formula is C16H24N2O3S. The zero-order chi connectivity index (χ0) is 16.3. The quantitative estimate of drug-likeness (QED) is 0.924. The number of carbonyl (C=O) groups excluding carboxylic acids is 1. The number of amides is 1. The third kappa shape index (κ3) is 4.08. The van der Waals surface area contributed by atoms with E-state index in [1.54, 1.807) is 26.0 Å². The van der Waals surface area contributed by atoms with Gasteiger partial charge in [-0.15, -0.1) is 0 Å². The highest BCUT2D eigenvalue weighted by Crippen LogP contribution is 2.19. The van der Waals surface area contributed by atoms with Crippen LogP contribution in [0.25, 0.3) is 0 Å². The molecule has 1 N–H and O–H groups in total. The molecule has 0 aromatic heterocycles. The van der Waals surface area contributed by atoms with Crippen LogP contribution in [-0.2, 0) is 10.0 Å². The lowest BCUT2D eigenvalue weighted by Gasteiger charge is -2.30. The molecule has 2 rings (SSSR count). The molecule has 0 spiro atoms. The number of carbonyl (C=O) groups is 1. The summed E-state index contributed by atoms with van der Waals surface area (Å²) in [6.07, 6.45) is 2.05.